The average Bonchev–Trinajstić information content (AvgIpc) is 2.28. The maximum absolute atomic E-state index is 5.60. The van der Waals surface area contributed by atoms with Gasteiger partial charge in [0.1, 0.15) is 0 Å². The van der Waals surface area contributed by atoms with E-state index in [0.717, 1.165) is 18.4 Å². The molecule has 2 heteroatoms. The Morgan fingerprint density at radius 2 is 1.76 bits per heavy atom. The van der Waals surface area contributed by atoms with Gasteiger partial charge >= 0.3 is 0 Å². The number of unbranched alkanes of at least 4 members (excludes halogenated alkanes) is 4. The lowest BCUT2D eigenvalue weighted by atomic mass is 9.92. The number of rotatable bonds is 12. The Labute approximate surface area is 108 Å². The molecule has 0 saturated carbocycles. The van der Waals surface area contributed by atoms with Crippen LogP contribution in [0.15, 0.2) is 0 Å². The minimum atomic E-state index is 0.644. The minimum absolute atomic E-state index is 0.644. The van der Waals surface area contributed by atoms with Crippen molar-refractivity contribution in [2.75, 3.05) is 19.8 Å². The van der Waals surface area contributed by atoms with Crippen LogP contribution < -0.4 is 5.73 Å². The molecule has 0 aliphatic heterocycles. The molecular formula is C15H33NO. The van der Waals surface area contributed by atoms with Crippen LogP contribution in [0.5, 0.6) is 0 Å². The van der Waals surface area contributed by atoms with Gasteiger partial charge in [-0.25, -0.2) is 0 Å². The second-order valence-corrected chi connectivity index (χ2v) is 5.56. The average molecular weight is 243 g/mol. The summed E-state index contributed by atoms with van der Waals surface area (Å²) in [5, 5.41) is 0. The molecule has 0 aromatic rings. The number of ether oxygens (including phenoxy) is 1. The second kappa shape index (κ2) is 12.4. The van der Waals surface area contributed by atoms with Gasteiger partial charge < -0.3 is 10.5 Å². The van der Waals surface area contributed by atoms with Crippen LogP contribution >= 0.6 is 0 Å². The van der Waals surface area contributed by atoms with E-state index in [-0.39, 0.29) is 0 Å². The molecule has 104 valence electrons. The molecule has 0 saturated heterocycles. The predicted molar refractivity (Wildman–Crippen MR) is 76.2 cm³/mol. The fourth-order valence-electron chi connectivity index (χ4n) is 2.31. The van der Waals surface area contributed by atoms with Gasteiger partial charge in [-0.1, -0.05) is 52.9 Å². The van der Waals surface area contributed by atoms with E-state index >= 15 is 0 Å². The maximum atomic E-state index is 5.60. The predicted octanol–water partition coefficient (Wildman–Crippen LogP) is 3.98. The Hall–Kier alpha value is -0.0800. The Morgan fingerprint density at radius 1 is 1.06 bits per heavy atom. The van der Waals surface area contributed by atoms with Crippen LogP contribution in [0.25, 0.3) is 0 Å². The van der Waals surface area contributed by atoms with Gasteiger partial charge in [0.2, 0.25) is 0 Å². The van der Waals surface area contributed by atoms with Crippen LogP contribution in [-0.4, -0.2) is 19.8 Å². The van der Waals surface area contributed by atoms with Gasteiger partial charge in [0.15, 0.2) is 0 Å². The highest BCUT2D eigenvalue weighted by atomic mass is 16.5. The molecule has 0 aromatic carbocycles. The molecule has 0 bridgehead atoms. The molecule has 0 rings (SSSR count). The molecule has 1 unspecified atom stereocenters. The Bertz CT molecular complexity index is 148. The fourth-order valence-corrected chi connectivity index (χ4v) is 2.31. The summed E-state index contributed by atoms with van der Waals surface area (Å²) in [7, 11) is 0. The third kappa shape index (κ3) is 12.2. The summed E-state index contributed by atoms with van der Waals surface area (Å²) in [5.41, 5.74) is 5.45. The Kier molecular flexibility index (Phi) is 12.3. The van der Waals surface area contributed by atoms with Crippen molar-refractivity contribution in [1.82, 2.24) is 0 Å². The molecule has 1 atom stereocenters. The first-order valence-corrected chi connectivity index (χ1v) is 7.48. The lowest BCUT2D eigenvalue weighted by Gasteiger charge is -2.19. The van der Waals surface area contributed by atoms with Crippen molar-refractivity contribution in [3.8, 4) is 0 Å². The molecule has 0 aromatic heterocycles. The van der Waals surface area contributed by atoms with Crippen LogP contribution in [0, 0.1) is 11.8 Å². The Balaban J connectivity index is 3.61. The molecule has 0 spiro atoms. The van der Waals surface area contributed by atoms with E-state index in [9.17, 15) is 0 Å². The van der Waals surface area contributed by atoms with Gasteiger partial charge in [-0.3, -0.25) is 0 Å². The molecule has 0 radical (unpaired) electrons. The van der Waals surface area contributed by atoms with E-state index in [1.165, 1.54) is 44.9 Å². The highest BCUT2D eigenvalue weighted by Crippen LogP contribution is 2.19. The van der Waals surface area contributed by atoms with Gasteiger partial charge in [-0.2, -0.15) is 0 Å². The van der Waals surface area contributed by atoms with Gasteiger partial charge in [-0.05, 0) is 24.7 Å². The first kappa shape index (κ1) is 16.9. The van der Waals surface area contributed by atoms with E-state index in [2.05, 4.69) is 20.8 Å². The maximum Gasteiger partial charge on any atom is 0.0588 e. The van der Waals surface area contributed by atoms with Crippen molar-refractivity contribution in [3.63, 3.8) is 0 Å². The topological polar surface area (TPSA) is 35.2 Å². The van der Waals surface area contributed by atoms with E-state index < -0.39 is 0 Å². The van der Waals surface area contributed by atoms with Gasteiger partial charge in [-0.15, -0.1) is 0 Å². The molecule has 0 aliphatic carbocycles. The zero-order chi connectivity index (χ0) is 12.9. The first-order valence-electron chi connectivity index (χ1n) is 7.48. The summed E-state index contributed by atoms with van der Waals surface area (Å²) in [6.45, 7) is 9.13. The zero-order valence-corrected chi connectivity index (χ0v) is 12.2. The van der Waals surface area contributed by atoms with Crippen LogP contribution in [0.2, 0.25) is 0 Å². The van der Waals surface area contributed by atoms with Gasteiger partial charge in [0.25, 0.3) is 0 Å². The van der Waals surface area contributed by atoms with Crippen molar-refractivity contribution < 1.29 is 4.74 Å². The third-order valence-corrected chi connectivity index (χ3v) is 3.14. The van der Waals surface area contributed by atoms with E-state index in [0.29, 0.717) is 13.2 Å². The summed E-state index contributed by atoms with van der Waals surface area (Å²) >= 11 is 0. The van der Waals surface area contributed by atoms with Crippen molar-refractivity contribution in [2.24, 2.45) is 17.6 Å². The summed E-state index contributed by atoms with van der Waals surface area (Å²) in [6, 6.07) is 0. The quantitative estimate of drug-likeness (QED) is 0.526. The smallest absolute Gasteiger partial charge is 0.0588 e. The highest BCUT2D eigenvalue weighted by molar-refractivity contribution is 4.62. The molecule has 0 heterocycles. The lowest BCUT2D eigenvalue weighted by molar-refractivity contribution is 0.0928. The SMILES string of the molecule is CCCCCCCC(COCCN)CC(C)C. The van der Waals surface area contributed by atoms with Crippen LogP contribution in [0.4, 0.5) is 0 Å². The standard InChI is InChI=1S/C15H33NO/c1-4-5-6-7-8-9-15(12-14(2)3)13-17-11-10-16/h14-15H,4-13,16H2,1-3H3. The Morgan fingerprint density at radius 3 is 2.35 bits per heavy atom. The normalized spacial score (nSPS) is 13.2. The molecular weight excluding hydrogens is 210 g/mol. The van der Waals surface area contributed by atoms with Crippen molar-refractivity contribution >= 4 is 0 Å². The minimum Gasteiger partial charge on any atom is -0.380 e. The molecule has 2 N–H and O–H groups in total. The molecule has 2 nitrogen and oxygen atoms in total. The fraction of sp³-hybridized carbons (Fsp3) is 1.00. The first-order chi connectivity index (χ1) is 8.20. The van der Waals surface area contributed by atoms with Gasteiger partial charge in [0, 0.05) is 13.2 Å². The highest BCUT2D eigenvalue weighted by Gasteiger charge is 2.10. The molecule has 17 heavy (non-hydrogen) atoms. The largest absolute Gasteiger partial charge is 0.380 e. The lowest BCUT2D eigenvalue weighted by Crippen LogP contribution is -2.16. The number of nitrogens with two attached hydrogens (primary N) is 1. The summed E-state index contributed by atoms with van der Waals surface area (Å²) in [4.78, 5) is 0. The van der Waals surface area contributed by atoms with Crippen LogP contribution in [0.3, 0.4) is 0 Å². The van der Waals surface area contributed by atoms with Crippen molar-refractivity contribution in [1.29, 1.82) is 0 Å². The zero-order valence-electron chi connectivity index (χ0n) is 12.2. The summed E-state index contributed by atoms with van der Waals surface area (Å²) < 4.78 is 5.60. The van der Waals surface area contributed by atoms with E-state index in [4.69, 9.17) is 10.5 Å². The van der Waals surface area contributed by atoms with Crippen LogP contribution in [-0.2, 0) is 4.74 Å². The monoisotopic (exact) mass is 243 g/mol. The van der Waals surface area contributed by atoms with Crippen LogP contribution in [0.1, 0.15) is 65.7 Å². The molecule has 0 fully saturated rings. The van der Waals surface area contributed by atoms with Crippen molar-refractivity contribution in [3.05, 3.63) is 0 Å². The molecule has 0 aliphatic rings. The number of hydrogen-bond acceptors (Lipinski definition) is 2. The molecule has 0 amide bonds. The van der Waals surface area contributed by atoms with E-state index in [1.807, 2.05) is 0 Å². The summed E-state index contributed by atoms with van der Waals surface area (Å²) in [5.74, 6) is 1.51. The third-order valence-electron chi connectivity index (χ3n) is 3.14. The van der Waals surface area contributed by atoms with E-state index in [1.54, 1.807) is 0 Å². The summed E-state index contributed by atoms with van der Waals surface area (Å²) in [6.07, 6.45) is 9.48. The second-order valence-electron chi connectivity index (χ2n) is 5.56. The van der Waals surface area contributed by atoms with Crippen molar-refractivity contribution in [2.45, 2.75) is 65.7 Å². The van der Waals surface area contributed by atoms with Gasteiger partial charge in [0.05, 0.1) is 6.61 Å². The number of hydrogen-bond donors (Lipinski definition) is 1.